The highest BCUT2D eigenvalue weighted by Gasteiger charge is 2.23. The van der Waals surface area contributed by atoms with Crippen molar-refractivity contribution in [2.24, 2.45) is 0 Å². The highest BCUT2D eigenvalue weighted by Crippen LogP contribution is 2.24. The average molecular weight is 313 g/mol. The Bertz CT molecular complexity index is 659. The minimum atomic E-state index is -1.25. The maximum atomic E-state index is 12.3. The first kappa shape index (κ1) is 17.2. The molecule has 0 radical (unpaired) electrons. The fourth-order valence-electron chi connectivity index (χ4n) is 2.99. The zero-order valence-corrected chi connectivity index (χ0v) is 13.7. The molecule has 0 aliphatic carbocycles. The van der Waals surface area contributed by atoms with Gasteiger partial charge in [-0.05, 0) is 43.0 Å². The van der Waals surface area contributed by atoms with Crippen LogP contribution in [0.3, 0.4) is 0 Å². The molecule has 4 heteroatoms. The summed E-state index contributed by atoms with van der Waals surface area (Å²) in [6, 6.07) is 12.2. The smallest absolute Gasteiger partial charge is 0.254 e. The number of hydrogen-bond donors (Lipinski definition) is 3. The van der Waals surface area contributed by atoms with Gasteiger partial charge in [0.1, 0.15) is 0 Å². The SMILES string of the molecule is Cc1cc(C)c([C@H](CO)NC(=O)[C@@H](O)c2ccccc2)c(C)c1. The van der Waals surface area contributed by atoms with Crippen LogP contribution in [0.15, 0.2) is 42.5 Å². The highest BCUT2D eigenvalue weighted by molar-refractivity contribution is 5.82. The van der Waals surface area contributed by atoms with Gasteiger partial charge in [0.05, 0.1) is 12.6 Å². The summed E-state index contributed by atoms with van der Waals surface area (Å²) in [6.45, 7) is 5.70. The van der Waals surface area contributed by atoms with E-state index >= 15 is 0 Å². The fourth-order valence-corrected chi connectivity index (χ4v) is 2.99. The Morgan fingerprint density at radius 1 is 1.09 bits per heavy atom. The highest BCUT2D eigenvalue weighted by atomic mass is 16.3. The van der Waals surface area contributed by atoms with E-state index in [1.54, 1.807) is 24.3 Å². The van der Waals surface area contributed by atoms with Crippen LogP contribution in [0.4, 0.5) is 0 Å². The van der Waals surface area contributed by atoms with Crippen molar-refractivity contribution in [2.45, 2.75) is 32.9 Å². The van der Waals surface area contributed by atoms with Crippen LogP contribution < -0.4 is 5.32 Å². The predicted molar refractivity (Wildman–Crippen MR) is 90.0 cm³/mol. The van der Waals surface area contributed by atoms with E-state index < -0.39 is 18.1 Å². The van der Waals surface area contributed by atoms with E-state index in [0.717, 1.165) is 22.3 Å². The van der Waals surface area contributed by atoms with Crippen LogP contribution in [0.25, 0.3) is 0 Å². The van der Waals surface area contributed by atoms with Crippen molar-refractivity contribution in [3.8, 4) is 0 Å². The summed E-state index contributed by atoms with van der Waals surface area (Å²) in [4.78, 5) is 12.3. The third-order valence-corrected chi connectivity index (χ3v) is 3.95. The van der Waals surface area contributed by atoms with Gasteiger partial charge in [-0.25, -0.2) is 0 Å². The van der Waals surface area contributed by atoms with E-state index in [1.807, 2.05) is 39.0 Å². The molecular formula is C19H23NO3. The third kappa shape index (κ3) is 3.97. The van der Waals surface area contributed by atoms with Crippen molar-refractivity contribution in [1.82, 2.24) is 5.32 Å². The molecule has 2 atom stereocenters. The molecule has 0 aliphatic rings. The van der Waals surface area contributed by atoms with Gasteiger partial charge in [-0.15, -0.1) is 0 Å². The number of hydrogen-bond acceptors (Lipinski definition) is 3. The minimum absolute atomic E-state index is 0.224. The summed E-state index contributed by atoms with van der Waals surface area (Å²) < 4.78 is 0. The normalized spacial score (nSPS) is 13.4. The molecule has 0 unspecified atom stereocenters. The summed E-state index contributed by atoms with van der Waals surface area (Å²) in [5, 5.41) is 22.6. The average Bonchev–Trinajstić information content (AvgIpc) is 2.52. The maximum absolute atomic E-state index is 12.3. The van der Waals surface area contributed by atoms with Gasteiger partial charge in [0.15, 0.2) is 6.10 Å². The number of amides is 1. The van der Waals surface area contributed by atoms with Gasteiger partial charge in [-0.2, -0.15) is 0 Å². The Morgan fingerprint density at radius 3 is 2.17 bits per heavy atom. The second kappa shape index (κ2) is 7.40. The van der Waals surface area contributed by atoms with Crippen LogP contribution in [-0.2, 0) is 4.79 Å². The molecule has 0 spiro atoms. The van der Waals surface area contributed by atoms with Gasteiger partial charge < -0.3 is 15.5 Å². The third-order valence-electron chi connectivity index (χ3n) is 3.95. The van der Waals surface area contributed by atoms with E-state index in [9.17, 15) is 15.0 Å². The van der Waals surface area contributed by atoms with Crippen molar-refractivity contribution < 1.29 is 15.0 Å². The molecule has 0 aliphatic heterocycles. The summed E-state index contributed by atoms with van der Waals surface area (Å²) >= 11 is 0. The first-order valence-corrected chi connectivity index (χ1v) is 7.66. The molecule has 0 bridgehead atoms. The van der Waals surface area contributed by atoms with Crippen molar-refractivity contribution in [3.63, 3.8) is 0 Å². The van der Waals surface area contributed by atoms with Gasteiger partial charge in [0, 0.05) is 0 Å². The van der Waals surface area contributed by atoms with Crippen molar-refractivity contribution >= 4 is 5.91 Å². The van der Waals surface area contributed by atoms with Crippen LogP contribution in [0.5, 0.6) is 0 Å². The van der Waals surface area contributed by atoms with Crippen molar-refractivity contribution in [1.29, 1.82) is 0 Å². The van der Waals surface area contributed by atoms with E-state index in [4.69, 9.17) is 0 Å². The lowest BCUT2D eigenvalue weighted by Gasteiger charge is -2.23. The van der Waals surface area contributed by atoms with Crippen LogP contribution in [-0.4, -0.2) is 22.7 Å². The van der Waals surface area contributed by atoms with Gasteiger partial charge in [-0.1, -0.05) is 48.0 Å². The Hall–Kier alpha value is -2.17. The number of carbonyl (C=O) groups excluding carboxylic acids is 1. The van der Waals surface area contributed by atoms with Crippen molar-refractivity contribution in [2.75, 3.05) is 6.61 Å². The van der Waals surface area contributed by atoms with Gasteiger partial charge in [0.2, 0.25) is 0 Å². The summed E-state index contributed by atoms with van der Waals surface area (Å²) in [6.07, 6.45) is -1.25. The number of aliphatic hydroxyl groups excluding tert-OH is 2. The summed E-state index contributed by atoms with van der Waals surface area (Å²) in [5.41, 5.74) is 4.58. The number of carbonyl (C=O) groups is 1. The van der Waals surface area contributed by atoms with E-state index in [1.165, 1.54) is 0 Å². The fraction of sp³-hybridized carbons (Fsp3) is 0.316. The van der Waals surface area contributed by atoms with Crippen LogP contribution in [0.2, 0.25) is 0 Å². The van der Waals surface area contributed by atoms with Crippen LogP contribution >= 0.6 is 0 Å². The topological polar surface area (TPSA) is 69.6 Å². The molecule has 0 fully saturated rings. The number of aliphatic hydroxyl groups is 2. The van der Waals surface area contributed by atoms with E-state index in [0.29, 0.717) is 5.56 Å². The molecule has 0 saturated heterocycles. The molecule has 2 aromatic carbocycles. The minimum Gasteiger partial charge on any atom is -0.394 e. The standard InChI is InChI=1S/C19H23NO3/c1-12-9-13(2)17(14(3)10-12)16(11-21)20-19(23)18(22)15-7-5-4-6-8-15/h4-10,16,18,21-22H,11H2,1-3H3,(H,20,23)/t16-,18-/m0/s1. The van der Waals surface area contributed by atoms with Crippen LogP contribution in [0.1, 0.15) is 40.0 Å². The number of nitrogens with one attached hydrogen (secondary N) is 1. The van der Waals surface area contributed by atoms with Gasteiger partial charge >= 0.3 is 0 Å². The molecule has 2 rings (SSSR count). The summed E-state index contributed by atoms with van der Waals surface area (Å²) in [5.74, 6) is -0.519. The molecule has 23 heavy (non-hydrogen) atoms. The Kier molecular flexibility index (Phi) is 5.53. The zero-order valence-electron chi connectivity index (χ0n) is 13.7. The van der Waals surface area contributed by atoms with Crippen LogP contribution in [0, 0.1) is 20.8 Å². The Labute approximate surface area is 136 Å². The molecule has 2 aromatic rings. The molecule has 1 amide bonds. The molecule has 0 heterocycles. The number of aryl methyl sites for hydroxylation is 3. The molecular weight excluding hydrogens is 290 g/mol. The second-order valence-corrected chi connectivity index (χ2v) is 5.87. The monoisotopic (exact) mass is 313 g/mol. The zero-order chi connectivity index (χ0) is 17.0. The maximum Gasteiger partial charge on any atom is 0.254 e. The van der Waals surface area contributed by atoms with E-state index in [-0.39, 0.29) is 6.61 Å². The Balaban J connectivity index is 2.21. The van der Waals surface area contributed by atoms with Crippen molar-refractivity contribution in [3.05, 3.63) is 70.3 Å². The molecule has 3 N–H and O–H groups in total. The quantitative estimate of drug-likeness (QED) is 0.794. The number of rotatable bonds is 5. The molecule has 0 aromatic heterocycles. The second-order valence-electron chi connectivity index (χ2n) is 5.87. The summed E-state index contributed by atoms with van der Waals surface area (Å²) in [7, 11) is 0. The predicted octanol–water partition coefficient (Wildman–Crippen LogP) is 2.50. The lowest BCUT2D eigenvalue weighted by molar-refractivity contribution is -0.130. The largest absolute Gasteiger partial charge is 0.394 e. The Morgan fingerprint density at radius 2 is 1.65 bits per heavy atom. The molecule has 4 nitrogen and oxygen atoms in total. The lowest BCUT2D eigenvalue weighted by atomic mass is 9.94. The van der Waals surface area contributed by atoms with Gasteiger partial charge in [0.25, 0.3) is 5.91 Å². The van der Waals surface area contributed by atoms with E-state index in [2.05, 4.69) is 5.32 Å². The lowest BCUT2D eigenvalue weighted by Crippen LogP contribution is -2.35. The molecule has 0 saturated carbocycles. The first-order chi connectivity index (χ1) is 10.9. The first-order valence-electron chi connectivity index (χ1n) is 7.66. The van der Waals surface area contributed by atoms with Gasteiger partial charge in [-0.3, -0.25) is 4.79 Å². The number of benzene rings is 2. The molecule has 122 valence electrons.